The van der Waals surface area contributed by atoms with Crippen molar-refractivity contribution in [3.63, 3.8) is 0 Å². The minimum absolute atomic E-state index is 0.0390. The number of likely N-dealkylation sites (tertiary alicyclic amines) is 2. The van der Waals surface area contributed by atoms with Crippen LogP contribution < -0.4 is 10.6 Å². The topological polar surface area (TPSA) is 69.9 Å². The highest BCUT2D eigenvalue weighted by atomic mass is 35.5. The summed E-state index contributed by atoms with van der Waals surface area (Å²) in [6.07, 6.45) is 1.68. The average molecular weight is 573 g/mol. The largest absolute Gasteiger partial charge is 0.342 e. The lowest BCUT2D eigenvalue weighted by Crippen LogP contribution is -2.52. The predicted molar refractivity (Wildman–Crippen MR) is 154 cm³/mol. The molecule has 5 rings (SSSR count). The Morgan fingerprint density at radius 3 is 2.45 bits per heavy atom. The van der Waals surface area contributed by atoms with Crippen LogP contribution in [0.15, 0.2) is 30.3 Å². The number of piperidine rings is 1. The summed E-state index contributed by atoms with van der Waals surface area (Å²) in [5.41, 5.74) is 7.95. The van der Waals surface area contributed by atoms with Crippen LogP contribution in [0.5, 0.6) is 0 Å². The number of benzene rings is 2. The number of hydrogen-bond donors (Lipinski definition) is 1. The van der Waals surface area contributed by atoms with Crippen LogP contribution >= 0.6 is 11.6 Å². The van der Waals surface area contributed by atoms with E-state index in [1.54, 1.807) is 0 Å². The number of nitrogens with zero attached hydrogens (tertiary/aromatic N) is 3. The average Bonchev–Trinajstić information content (AvgIpc) is 3.43. The molecule has 0 unspecified atom stereocenters. The maximum atomic E-state index is 14.9. The SMILES string of the molecule is Cc1cc2c(cc1Cl)C1(CCN(C(=O)[C@@H]3CN(C(C)(C)C)C[C@H]3c3ccc(F)cc3F)CC1)C(=O)N2CCCN. The fourth-order valence-corrected chi connectivity index (χ4v) is 6.94. The molecule has 2 aromatic rings. The number of fused-ring (bicyclic) bond motifs is 2. The molecule has 9 heteroatoms. The lowest BCUT2D eigenvalue weighted by molar-refractivity contribution is -0.139. The Labute approximate surface area is 240 Å². The number of aryl methyl sites for hydroxylation is 1. The van der Waals surface area contributed by atoms with Crippen molar-refractivity contribution < 1.29 is 18.4 Å². The lowest BCUT2D eigenvalue weighted by atomic mass is 9.73. The summed E-state index contributed by atoms with van der Waals surface area (Å²) in [5.74, 6) is -2.08. The third-order valence-electron chi connectivity index (χ3n) is 9.20. The summed E-state index contributed by atoms with van der Waals surface area (Å²) in [6, 6.07) is 7.54. The van der Waals surface area contributed by atoms with Gasteiger partial charge in [-0.25, -0.2) is 8.78 Å². The number of carbonyl (C=O) groups excluding carboxylic acids is 2. The molecule has 0 saturated carbocycles. The van der Waals surface area contributed by atoms with Crippen LogP contribution in [0.4, 0.5) is 14.5 Å². The summed E-state index contributed by atoms with van der Waals surface area (Å²) in [5, 5.41) is 0.627. The highest BCUT2D eigenvalue weighted by Gasteiger charge is 2.53. The van der Waals surface area contributed by atoms with Crippen molar-refractivity contribution in [3.8, 4) is 0 Å². The molecule has 2 N–H and O–H groups in total. The number of carbonyl (C=O) groups is 2. The molecule has 2 aromatic carbocycles. The van der Waals surface area contributed by atoms with Gasteiger partial charge in [0, 0.05) is 61.0 Å². The molecule has 40 heavy (non-hydrogen) atoms. The zero-order valence-corrected chi connectivity index (χ0v) is 24.5. The molecule has 0 aliphatic carbocycles. The number of halogens is 3. The number of nitrogens with two attached hydrogens (primary N) is 1. The third kappa shape index (κ3) is 4.92. The maximum absolute atomic E-state index is 14.9. The van der Waals surface area contributed by atoms with E-state index in [0.29, 0.717) is 69.1 Å². The molecule has 216 valence electrons. The molecular weight excluding hydrogens is 534 g/mol. The summed E-state index contributed by atoms with van der Waals surface area (Å²) in [4.78, 5) is 33.8. The first kappa shape index (κ1) is 29.0. The Balaban J connectivity index is 1.40. The Morgan fingerprint density at radius 2 is 1.82 bits per heavy atom. The molecule has 0 aromatic heterocycles. The zero-order chi connectivity index (χ0) is 29.0. The molecule has 3 aliphatic rings. The van der Waals surface area contributed by atoms with Crippen LogP contribution in [-0.4, -0.2) is 66.4 Å². The lowest BCUT2D eigenvalue weighted by Gasteiger charge is -2.40. The molecule has 3 heterocycles. The van der Waals surface area contributed by atoms with Gasteiger partial charge in [-0.15, -0.1) is 0 Å². The quantitative estimate of drug-likeness (QED) is 0.548. The van der Waals surface area contributed by atoms with Gasteiger partial charge >= 0.3 is 0 Å². The Kier molecular flexibility index (Phi) is 7.74. The van der Waals surface area contributed by atoms with Gasteiger partial charge in [0.15, 0.2) is 0 Å². The molecule has 2 fully saturated rings. The smallest absolute Gasteiger partial charge is 0.237 e. The number of hydrogen-bond acceptors (Lipinski definition) is 4. The first-order chi connectivity index (χ1) is 18.9. The molecule has 2 saturated heterocycles. The number of anilines is 1. The summed E-state index contributed by atoms with van der Waals surface area (Å²) in [7, 11) is 0. The van der Waals surface area contributed by atoms with E-state index in [9.17, 15) is 18.4 Å². The third-order valence-corrected chi connectivity index (χ3v) is 9.61. The van der Waals surface area contributed by atoms with Gasteiger partial charge in [-0.3, -0.25) is 14.5 Å². The van der Waals surface area contributed by atoms with Crippen molar-refractivity contribution in [1.29, 1.82) is 0 Å². The van der Waals surface area contributed by atoms with E-state index in [0.717, 1.165) is 22.9 Å². The second-order valence-electron chi connectivity index (χ2n) is 12.6. The monoisotopic (exact) mass is 572 g/mol. The Bertz CT molecular complexity index is 1320. The van der Waals surface area contributed by atoms with E-state index in [1.165, 1.54) is 12.1 Å². The van der Waals surface area contributed by atoms with Gasteiger partial charge in [0.1, 0.15) is 11.6 Å². The summed E-state index contributed by atoms with van der Waals surface area (Å²) in [6.45, 7) is 11.1. The van der Waals surface area contributed by atoms with Crippen molar-refractivity contribution in [2.75, 3.05) is 44.2 Å². The van der Waals surface area contributed by atoms with E-state index in [1.807, 2.05) is 28.9 Å². The summed E-state index contributed by atoms with van der Waals surface area (Å²) < 4.78 is 28.6. The van der Waals surface area contributed by atoms with Gasteiger partial charge in [0.2, 0.25) is 11.8 Å². The molecule has 2 atom stereocenters. The Morgan fingerprint density at radius 1 is 1.12 bits per heavy atom. The van der Waals surface area contributed by atoms with E-state index < -0.39 is 23.0 Å². The van der Waals surface area contributed by atoms with Gasteiger partial charge < -0.3 is 15.5 Å². The highest BCUT2D eigenvalue weighted by molar-refractivity contribution is 6.31. The summed E-state index contributed by atoms with van der Waals surface area (Å²) >= 11 is 6.53. The molecule has 1 spiro atoms. The second kappa shape index (κ2) is 10.7. The molecular formula is C31H39ClF2N4O2. The maximum Gasteiger partial charge on any atom is 0.237 e. The fraction of sp³-hybridized carbons (Fsp3) is 0.548. The molecule has 0 radical (unpaired) electrons. The Hall–Kier alpha value is -2.55. The van der Waals surface area contributed by atoms with Crippen LogP contribution in [0.1, 0.15) is 62.6 Å². The second-order valence-corrected chi connectivity index (χ2v) is 13.0. The highest BCUT2D eigenvalue weighted by Crippen LogP contribution is 2.50. The van der Waals surface area contributed by atoms with Crippen molar-refractivity contribution in [2.45, 2.75) is 63.8 Å². The van der Waals surface area contributed by atoms with Crippen LogP contribution in [0, 0.1) is 24.5 Å². The molecule has 2 amide bonds. The van der Waals surface area contributed by atoms with Crippen LogP contribution in [-0.2, 0) is 15.0 Å². The van der Waals surface area contributed by atoms with Crippen molar-refractivity contribution >= 4 is 29.1 Å². The molecule has 0 bridgehead atoms. The minimum Gasteiger partial charge on any atom is -0.342 e. The van der Waals surface area contributed by atoms with E-state index in [4.69, 9.17) is 17.3 Å². The van der Waals surface area contributed by atoms with Gasteiger partial charge in [-0.05, 0) is 88.4 Å². The van der Waals surface area contributed by atoms with Crippen molar-refractivity contribution in [2.24, 2.45) is 11.7 Å². The van der Waals surface area contributed by atoms with Crippen LogP contribution in [0.3, 0.4) is 0 Å². The van der Waals surface area contributed by atoms with Gasteiger partial charge in [0.25, 0.3) is 0 Å². The van der Waals surface area contributed by atoms with Gasteiger partial charge in [0.05, 0.1) is 11.3 Å². The fourth-order valence-electron chi connectivity index (χ4n) is 6.77. The first-order valence-electron chi connectivity index (χ1n) is 14.2. The number of amides is 2. The van der Waals surface area contributed by atoms with E-state index >= 15 is 0 Å². The standard InChI is InChI=1S/C31H39ClF2N4O2/c1-19-14-27-24(16-25(19)32)31(29(40)38(27)11-5-10-35)8-12-36(13-9-31)28(39)23-18-37(30(2,3)4)17-22(23)21-7-6-20(33)15-26(21)34/h6-7,14-16,22-23H,5,8-13,17-18,35H2,1-4H3/t22-,23+/m0/s1. The van der Waals surface area contributed by atoms with E-state index in [-0.39, 0.29) is 23.3 Å². The molecule has 3 aliphatic heterocycles. The predicted octanol–water partition coefficient (Wildman–Crippen LogP) is 5.00. The van der Waals surface area contributed by atoms with Crippen LogP contribution in [0.2, 0.25) is 5.02 Å². The van der Waals surface area contributed by atoms with Crippen molar-refractivity contribution in [1.82, 2.24) is 9.80 Å². The zero-order valence-electron chi connectivity index (χ0n) is 23.8. The van der Waals surface area contributed by atoms with Gasteiger partial charge in [-0.1, -0.05) is 17.7 Å². The van der Waals surface area contributed by atoms with Gasteiger partial charge in [-0.2, -0.15) is 0 Å². The minimum atomic E-state index is -0.729. The normalized spacial score (nSPS) is 22.9. The molecule has 6 nitrogen and oxygen atoms in total. The van der Waals surface area contributed by atoms with E-state index in [2.05, 4.69) is 25.7 Å². The van der Waals surface area contributed by atoms with Crippen LogP contribution in [0.25, 0.3) is 0 Å². The first-order valence-corrected chi connectivity index (χ1v) is 14.6. The van der Waals surface area contributed by atoms with Crippen molar-refractivity contribution in [3.05, 3.63) is 63.7 Å². The number of rotatable bonds is 5.